The van der Waals surface area contributed by atoms with E-state index in [4.69, 9.17) is 0 Å². The van der Waals surface area contributed by atoms with Crippen LogP contribution in [0.4, 0.5) is 0 Å². The number of hydrogen-bond acceptors (Lipinski definition) is 12. The second-order valence-corrected chi connectivity index (χ2v) is 24.1. The molecule has 3 aromatic rings. The SMILES string of the molecule is Cc1ccc(S(=O)(=O)SCCCN2CN(CCCSS(=O)(=O)c3ccc(C)cc3)CN(CCCSS(=O)(=O)c3ccc(C)cc3)C2)cc1. The molecule has 15 heteroatoms. The van der Waals surface area contributed by atoms with Crippen molar-refractivity contribution in [1.82, 2.24) is 14.7 Å². The third-order valence-electron chi connectivity index (χ3n) is 7.70. The first-order valence-corrected chi connectivity index (χ1v) is 24.7. The maximum atomic E-state index is 12.8. The Labute approximate surface area is 298 Å². The molecule has 4 rings (SSSR count). The average molecular weight is 772 g/mol. The van der Waals surface area contributed by atoms with E-state index >= 15 is 0 Å². The molecule has 48 heavy (non-hydrogen) atoms. The standard InChI is InChI=1S/C33H45N3O6S6/c1-28-7-13-31(14-8-28)46(37,38)43-22-4-19-34-25-35(20-5-23-44-47(39,40)32-15-9-29(2)10-16-32)27-36(26-34)21-6-24-45-48(41,42)33-17-11-30(3)12-18-33/h7-18H,4-6,19-27H2,1-3H3. The highest BCUT2D eigenvalue weighted by molar-refractivity contribution is 8.72. The van der Waals surface area contributed by atoms with E-state index in [1.807, 2.05) is 20.8 Å². The van der Waals surface area contributed by atoms with Gasteiger partial charge in [-0.05, 0) is 109 Å². The minimum Gasteiger partial charge on any atom is -0.277 e. The first-order chi connectivity index (χ1) is 22.7. The first kappa shape index (κ1) is 39.2. The molecule has 1 saturated heterocycles. The van der Waals surface area contributed by atoms with Crippen LogP contribution in [-0.2, 0) is 26.6 Å². The van der Waals surface area contributed by atoms with Gasteiger partial charge < -0.3 is 0 Å². The summed E-state index contributed by atoms with van der Waals surface area (Å²) >= 11 is 0. The Morgan fingerprint density at radius 2 is 0.667 bits per heavy atom. The van der Waals surface area contributed by atoms with Crippen molar-refractivity contribution >= 4 is 59.0 Å². The highest BCUT2D eigenvalue weighted by Gasteiger charge is 2.24. The Balaban J connectivity index is 1.29. The number of benzene rings is 3. The van der Waals surface area contributed by atoms with Crippen molar-refractivity contribution in [3.05, 3.63) is 89.5 Å². The van der Waals surface area contributed by atoms with Gasteiger partial charge in [0.15, 0.2) is 0 Å². The Kier molecular flexibility index (Phi) is 14.8. The van der Waals surface area contributed by atoms with Crippen molar-refractivity contribution in [3.63, 3.8) is 0 Å². The molecule has 0 unspecified atom stereocenters. The van der Waals surface area contributed by atoms with Gasteiger partial charge in [0.05, 0.1) is 34.7 Å². The summed E-state index contributed by atoms with van der Waals surface area (Å²) in [5, 5.41) is 0. The van der Waals surface area contributed by atoms with E-state index in [2.05, 4.69) is 14.7 Å². The lowest BCUT2D eigenvalue weighted by Crippen LogP contribution is -2.55. The van der Waals surface area contributed by atoms with E-state index in [0.717, 1.165) is 49.1 Å². The van der Waals surface area contributed by atoms with Gasteiger partial charge in [0.2, 0.25) is 26.6 Å². The van der Waals surface area contributed by atoms with E-state index in [9.17, 15) is 25.3 Å². The summed E-state index contributed by atoms with van der Waals surface area (Å²) < 4.78 is 76.7. The minimum atomic E-state index is -3.43. The van der Waals surface area contributed by atoms with Gasteiger partial charge in [-0.1, -0.05) is 53.1 Å². The topological polar surface area (TPSA) is 112 Å². The van der Waals surface area contributed by atoms with Gasteiger partial charge >= 0.3 is 0 Å². The van der Waals surface area contributed by atoms with E-state index in [0.29, 0.717) is 90.8 Å². The molecule has 1 fully saturated rings. The lowest BCUT2D eigenvalue weighted by atomic mass is 10.2. The molecule has 0 bridgehead atoms. The fraction of sp³-hybridized carbons (Fsp3) is 0.455. The number of hydrogen-bond donors (Lipinski definition) is 0. The molecule has 0 atom stereocenters. The monoisotopic (exact) mass is 771 g/mol. The van der Waals surface area contributed by atoms with Crippen LogP contribution < -0.4 is 0 Å². The zero-order valence-electron chi connectivity index (χ0n) is 27.7. The van der Waals surface area contributed by atoms with Crippen LogP contribution in [0.25, 0.3) is 0 Å². The Hall–Kier alpha value is -1.56. The highest BCUT2D eigenvalue weighted by Crippen LogP contribution is 2.27. The minimum absolute atomic E-state index is 0.318. The van der Waals surface area contributed by atoms with Crippen LogP contribution in [0.3, 0.4) is 0 Å². The maximum Gasteiger partial charge on any atom is 0.229 e. The summed E-state index contributed by atoms with van der Waals surface area (Å²) in [4.78, 5) is 7.77. The van der Waals surface area contributed by atoms with Crippen LogP contribution in [0.15, 0.2) is 87.5 Å². The van der Waals surface area contributed by atoms with Gasteiger partial charge in [-0.25, -0.2) is 25.3 Å². The number of aryl methyl sites for hydroxylation is 3. The molecule has 0 aromatic heterocycles. The van der Waals surface area contributed by atoms with Gasteiger partial charge in [-0.3, -0.25) is 14.7 Å². The second kappa shape index (κ2) is 18.1. The molecule has 1 heterocycles. The molecule has 1 aliphatic rings. The third-order valence-corrected chi connectivity index (χ3v) is 18.6. The molecule has 3 aromatic carbocycles. The molecular weight excluding hydrogens is 727 g/mol. The Bertz CT molecular complexity index is 1570. The van der Waals surface area contributed by atoms with Crippen molar-refractivity contribution in [2.24, 2.45) is 0 Å². The Morgan fingerprint density at radius 3 is 0.896 bits per heavy atom. The molecule has 0 spiro atoms. The van der Waals surface area contributed by atoms with Crippen LogP contribution in [0, 0.1) is 20.8 Å². The van der Waals surface area contributed by atoms with Crippen LogP contribution in [0.2, 0.25) is 0 Å². The predicted octanol–water partition coefficient (Wildman–Crippen LogP) is 6.24. The third kappa shape index (κ3) is 12.3. The Morgan fingerprint density at radius 1 is 0.438 bits per heavy atom. The summed E-state index contributed by atoms with van der Waals surface area (Å²) in [5.74, 6) is 1.40. The summed E-state index contributed by atoms with van der Waals surface area (Å²) in [7, 11) is -7.39. The molecule has 0 saturated carbocycles. The summed E-state index contributed by atoms with van der Waals surface area (Å²) in [6, 6.07) is 20.7. The van der Waals surface area contributed by atoms with Crippen LogP contribution in [-0.4, -0.2) is 96.9 Å². The second-order valence-electron chi connectivity index (χ2n) is 11.9. The van der Waals surface area contributed by atoms with Crippen molar-refractivity contribution in [2.75, 3.05) is 56.9 Å². The summed E-state index contributed by atoms with van der Waals surface area (Å²) in [6.45, 7) is 9.96. The lowest BCUT2D eigenvalue weighted by molar-refractivity contribution is -0.0285. The molecule has 0 amide bonds. The summed E-state index contributed by atoms with van der Waals surface area (Å²) in [6.07, 6.45) is 2.06. The molecule has 9 nitrogen and oxygen atoms in total. The van der Waals surface area contributed by atoms with Crippen molar-refractivity contribution < 1.29 is 25.3 Å². The van der Waals surface area contributed by atoms with E-state index in [1.54, 1.807) is 72.8 Å². The zero-order chi connectivity index (χ0) is 34.8. The van der Waals surface area contributed by atoms with Crippen LogP contribution in [0.5, 0.6) is 0 Å². The summed E-state index contributed by atoms with van der Waals surface area (Å²) in [5.41, 5.74) is 3.03. The van der Waals surface area contributed by atoms with E-state index < -0.39 is 26.6 Å². The maximum absolute atomic E-state index is 12.8. The lowest BCUT2D eigenvalue weighted by Gasteiger charge is -2.42. The fourth-order valence-electron chi connectivity index (χ4n) is 5.10. The predicted molar refractivity (Wildman–Crippen MR) is 201 cm³/mol. The first-order valence-electron chi connectivity index (χ1n) is 15.8. The average Bonchev–Trinajstić information content (AvgIpc) is 3.04. The number of rotatable bonds is 18. The van der Waals surface area contributed by atoms with Gasteiger partial charge in [-0.2, -0.15) is 0 Å². The van der Waals surface area contributed by atoms with Crippen molar-refractivity contribution in [1.29, 1.82) is 0 Å². The van der Waals surface area contributed by atoms with Crippen LogP contribution >= 0.6 is 32.4 Å². The molecule has 1 aliphatic heterocycles. The van der Waals surface area contributed by atoms with Crippen molar-refractivity contribution in [2.45, 2.75) is 54.7 Å². The molecular formula is C33H45N3O6S6. The van der Waals surface area contributed by atoms with Gasteiger partial charge in [-0.15, -0.1) is 0 Å². The number of nitrogens with zero attached hydrogens (tertiary/aromatic N) is 3. The smallest absolute Gasteiger partial charge is 0.229 e. The van der Waals surface area contributed by atoms with E-state index in [-0.39, 0.29) is 0 Å². The largest absolute Gasteiger partial charge is 0.277 e. The van der Waals surface area contributed by atoms with Gasteiger partial charge in [0.25, 0.3) is 0 Å². The molecule has 0 aliphatic carbocycles. The quantitative estimate of drug-likeness (QED) is 0.108. The molecule has 0 radical (unpaired) electrons. The highest BCUT2D eigenvalue weighted by atomic mass is 33.1. The molecule has 264 valence electrons. The fourth-order valence-corrected chi connectivity index (χ4v) is 13.6. The normalized spacial score (nSPS) is 15.6. The van der Waals surface area contributed by atoms with Gasteiger partial charge in [0, 0.05) is 36.9 Å². The zero-order valence-corrected chi connectivity index (χ0v) is 32.6. The molecule has 0 N–H and O–H groups in total. The van der Waals surface area contributed by atoms with Crippen LogP contribution in [0.1, 0.15) is 36.0 Å². The van der Waals surface area contributed by atoms with Crippen molar-refractivity contribution in [3.8, 4) is 0 Å². The van der Waals surface area contributed by atoms with Gasteiger partial charge in [0.1, 0.15) is 0 Å². The van der Waals surface area contributed by atoms with E-state index in [1.165, 1.54) is 0 Å².